The zero-order valence-corrected chi connectivity index (χ0v) is 16.4. The minimum absolute atomic E-state index is 0.0172. The third kappa shape index (κ3) is 4.80. The van der Waals surface area contributed by atoms with Gasteiger partial charge in [-0.05, 0) is 39.0 Å². The van der Waals surface area contributed by atoms with Crippen LogP contribution < -0.4 is 15.5 Å². The number of nitrogen functional groups attached to an aromatic ring is 1. The van der Waals surface area contributed by atoms with E-state index in [1.54, 1.807) is 16.8 Å². The fourth-order valence-corrected chi connectivity index (χ4v) is 2.86. The van der Waals surface area contributed by atoms with Gasteiger partial charge >= 0.3 is 6.09 Å². The lowest BCUT2D eigenvalue weighted by Gasteiger charge is -2.37. The van der Waals surface area contributed by atoms with Crippen molar-refractivity contribution in [2.24, 2.45) is 0 Å². The maximum atomic E-state index is 12.2. The van der Waals surface area contributed by atoms with E-state index in [4.69, 9.17) is 10.5 Å². The number of benzene rings is 1. The summed E-state index contributed by atoms with van der Waals surface area (Å²) in [6.45, 7) is 10.0. The van der Waals surface area contributed by atoms with Crippen molar-refractivity contribution in [3.05, 3.63) is 18.2 Å². The number of anilines is 3. The molecule has 2 N–H and O–H groups in total. The number of piperazine rings is 1. The van der Waals surface area contributed by atoms with Crippen molar-refractivity contribution < 1.29 is 14.3 Å². The summed E-state index contributed by atoms with van der Waals surface area (Å²) in [5.74, 6) is 0.0172. The molecule has 0 aliphatic carbocycles. The van der Waals surface area contributed by atoms with Gasteiger partial charge in [-0.2, -0.15) is 0 Å². The molecule has 0 unspecified atom stereocenters. The number of amides is 2. The van der Waals surface area contributed by atoms with Gasteiger partial charge < -0.3 is 25.2 Å². The number of hydrogen-bond donors (Lipinski definition) is 1. The Morgan fingerprint density at radius 2 is 1.81 bits per heavy atom. The SMILES string of the molecule is CCC(=O)N(C)c1cc(N2CCN(C(=O)OC(C)(C)C)CC2)ccc1N. The molecule has 1 aliphatic rings. The summed E-state index contributed by atoms with van der Waals surface area (Å²) >= 11 is 0. The van der Waals surface area contributed by atoms with E-state index in [0.717, 1.165) is 5.69 Å². The molecule has 7 heteroatoms. The van der Waals surface area contributed by atoms with E-state index in [9.17, 15) is 9.59 Å². The van der Waals surface area contributed by atoms with Crippen LogP contribution in [-0.2, 0) is 9.53 Å². The summed E-state index contributed by atoms with van der Waals surface area (Å²) in [5.41, 5.74) is 7.84. The molecule has 2 amide bonds. The van der Waals surface area contributed by atoms with E-state index in [-0.39, 0.29) is 12.0 Å². The molecule has 0 radical (unpaired) electrons. The second kappa shape index (κ2) is 7.85. The second-order valence-corrected chi connectivity index (χ2v) is 7.50. The summed E-state index contributed by atoms with van der Waals surface area (Å²) < 4.78 is 5.43. The molecule has 26 heavy (non-hydrogen) atoms. The minimum atomic E-state index is -0.490. The fraction of sp³-hybridized carbons (Fsp3) is 0.579. The smallest absolute Gasteiger partial charge is 0.410 e. The fourth-order valence-electron chi connectivity index (χ4n) is 2.86. The Morgan fingerprint density at radius 1 is 1.19 bits per heavy atom. The van der Waals surface area contributed by atoms with Crippen LogP contribution in [0.25, 0.3) is 0 Å². The van der Waals surface area contributed by atoms with Crippen LogP contribution in [0.2, 0.25) is 0 Å². The molecule has 0 saturated carbocycles. The Kier molecular flexibility index (Phi) is 6.00. The lowest BCUT2D eigenvalue weighted by Crippen LogP contribution is -2.50. The summed E-state index contributed by atoms with van der Waals surface area (Å²) in [4.78, 5) is 29.7. The van der Waals surface area contributed by atoms with Crippen LogP contribution in [0.1, 0.15) is 34.1 Å². The number of carbonyl (C=O) groups is 2. The van der Waals surface area contributed by atoms with Crippen LogP contribution in [0.5, 0.6) is 0 Å². The Bertz CT molecular complexity index is 661. The number of nitrogens with two attached hydrogens (primary N) is 1. The molecule has 0 atom stereocenters. The van der Waals surface area contributed by atoms with Gasteiger partial charge in [0.2, 0.25) is 5.91 Å². The van der Waals surface area contributed by atoms with Gasteiger partial charge in [-0.3, -0.25) is 4.79 Å². The summed E-state index contributed by atoms with van der Waals surface area (Å²) in [6.07, 6.45) is 0.151. The Hall–Kier alpha value is -2.44. The van der Waals surface area contributed by atoms with Gasteiger partial charge in [0.05, 0.1) is 11.4 Å². The first-order chi connectivity index (χ1) is 12.1. The predicted octanol–water partition coefficient (Wildman–Crippen LogP) is 2.70. The van der Waals surface area contributed by atoms with Gasteiger partial charge in [-0.15, -0.1) is 0 Å². The average Bonchev–Trinajstić information content (AvgIpc) is 2.59. The third-order valence-corrected chi connectivity index (χ3v) is 4.35. The van der Waals surface area contributed by atoms with Gasteiger partial charge in [0.1, 0.15) is 5.60 Å². The minimum Gasteiger partial charge on any atom is -0.444 e. The second-order valence-electron chi connectivity index (χ2n) is 7.50. The molecule has 1 aliphatic heterocycles. The van der Waals surface area contributed by atoms with Crippen molar-refractivity contribution in [1.82, 2.24) is 4.90 Å². The monoisotopic (exact) mass is 362 g/mol. The summed E-state index contributed by atoms with van der Waals surface area (Å²) in [5, 5.41) is 0. The molecule has 1 aromatic rings. The largest absolute Gasteiger partial charge is 0.444 e. The molecular weight excluding hydrogens is 332 g/mol. The standard InChI is InChI=1S/C19H30N4O3/c1-6-17(24)21(5)16-13-14(7-8-15(16)20)22-9-11-23(12-10-22)18(25)26-19(2,3)4/h7-8,13H,6,9-12,20H2,1-5H3. The zero-order chi connectivity index (χ0) is 19.5. The van der Waals surface area contributed by atoms with Gasteiger partial charge in [0, 0.05) is 45.3 Å². The van der Waals surface area contributed by atoms with Crippen molar-refractivity contribution in [2.45, 2.75) is 39.7 Å². The van der Waals surface area contributed by atoms with Crippen molar-refractivity contribution >= 4 is 29.1 Å². The highest BCUT2D eigenvalue weighted by Gasteiger charge is 2.26. The van der Waals surface area contributed by atoms with E-state index >= 15 is 0 Å². The van der Waals surface area contributed by atoms with Crippen LogP contribution in [0, 0.1) is 0 Å². The number of nitrogens with zero attached hydrogens (tertiary/aromatic N) is 3. The van der Waals surface area contributed by atoms with Crippen molar-refractivity contribution in [1.29, 1.82) is 0 Å². The number of rotatable bonds is 3. The van der Waals surface area contributed by atoms with Gasteiger partial charge in [-0.25, -0.2) is 4.79 Å². The molecule has 0 bridgehead atoms. The van der Waals surface area contributed by atoms with Crippen LogP contribution in [0.4, 0.5) is 21.9 Å². The van der Waals surface area contributed by atoms with E-state index in [0.29, 0.717) is 44.0 Å². The summed E-state index contributed by atoms with van der Waals surface area (Å²) in [7, 11) is 1.74. The Labute approximate surface area is 155 Å². The van der Waals surface area contributed by atoms with Crippen molar-refractivity contribution in [2.75, 3.05) is 48.8 Å². The van der Waals surface area contributed by atoms with Crippen molar-refractivity contribution in [3.8, 4) is 0 Å². The van der Waals surface area contributed by atoms with E-state index in [2.05, 4.69) is 4.90 Å². The van der Waals surface area contributed by atoms with Gasteiger partial charge in [0.15, 0.2) is 0 Å². The third-order valence-electron chi connectivity index (χ3n) is 4.35. The van der Waals surface area contributed by atoms with Crippen LogP contribution >= 0.6 is 0 Å². The molecular formula is C19H30N4O3. The first-order valence-electron chi connectivity index (χ1n) is 9.01. The highest BCUT2D eigenvalue weighted by Crippen LogP contribution is 2.29. The molecule has 1 heterocycles. The molecule has 7 nitrogen and oxygen atoms in total. The van der Waals surface area contributed by atoms with Gasteiger partial charge in [-0.1, -0.05) is 6.92 Å². The number of hydrogen-bond acceptors (Lipinski definition) is 5. The highest BCUT2D eigenvalue weighted by atomic mass is 16.6. The van der Waals surface area contributed by atoms with E-state index in [1.165, 1.54) is 0 Å². The van der Waals surface area contributed by atoms with Crippen LogP contribution in [0.15, 0.2) is 18.2 Å². The lowest BCUT2D eigenvalue weighted by molar-refractivity contribution is -0.118. The maximum absolute atomic E-state index is 12.2. The molecule has 2 rings (SSSR count). The van der Waals surface area contributed by atoms with Gasteiger partial charge in [0.25, 0.3) is 0 Å². The molecule has 1 aromatic carbocycles. The Balaban J connectivity index is 2.05. The molecule has 0 aromatic heterocycles. The number of ether oxygens (including phenoxy) is 1. The Morgan fingerprint density at radius 3 is 2.35 bits per heavy atom. The first kappa shape index (κ1) is 19.9. The molecule has 1 fully saturated rings. The average molecular weight is 362 g/mol. The normalized spacial score (nSPS) is 15.0. The highest BCUT2D eigenvalue weighted by molar-refractivity contribution is 5.96. The summed E-state index contributed by atoms with van der Waals surface area (Å²) in [6, 6.07) is 5.71. The van der Waals surface area contributed by atoms with E-state index < -0.39 is 5.60 Å². The van der Waals surface area contributed by atoms with E-state index in [1.807, 2.05) is 45.9 Å². The zero-order valence-electron chi connectivity index (χ0n) is 16.4. The quantitative estimate of drug-likeness (QED) is 0.837. The number of carbonyl (C=O) groups excluding carboxylic acids is 2. The first-order valence-corrected chi connectivity index (χ1v) is 9.01. The predicted molar refractivity (Wildman–Crippen MR) is 105 cm³/mol. The molecule has 0 spiro atoms. The molecule has 1 saturated heterocycles. The lowest BCUT2D eigenvalue weighted by atomic mass is 10.2. The maximum Gasteiger partial charge on any atom is 0.410 e. The topological polar surface area (TPSA) is 79.1 Å². The van der Waals surface area contributed by atoms with Crippen LogP contribution in [0.3, 0.4) is 0 Å². The van der Waals surface area contributed by atoms with Crippen LogP contribution in [-0.4, -0.2) is 55.7 Å². The molecule has 144 valence electrons. The van der Waals surface area contributed by atoms with Crippen molar-refractivity contribution in [3.63, 3.8) is 0 Å².